The first-order valence-corrected chi connectivity index (χ1v) is 8.02. The Morgan fingerprint density at radius 2 is 2.08 bits per heavy atom. The highest BCUT2D eigenvalue weighted by Gasteiger charge is 2.25. The van der Waals surface area contributed by atoms with Gasteiger partial charge in [0.2, 0.25) is 11.8 Å². The Balaban J connectivity index is 1.73. The molecule has 6 nitrogen and oxygen atoms in total. The van der Waals surface area contributed by atoms with Gasteiger partial charge in [0.15, 0.2) is 0 Å². The van der Waals surface area contributed by atoms with E-state index in [0.29, 0.717) is 12.2 Å². The van der Waals surface area contributed by atoms with Crippen molar-refractivity contribution in [3.05, 3.63) is 46.3 Å². The molecule has 1 aliphatic heterocycles. The van der Waals surface area contributed by atoms with E-state index in [1.807, 2.05) is 45.9 Å². The van der Waals surface area contributed by atoms with Gasteiger partial charge in [0.1, 0.15) is 5.76 Å². The van der Waals surface area contributed by atoms with Crippen LogP contribution in [-0.4, -0.2) is 17.0 Å². The average Bonchev–Trinajstić information content (AvgIpc) is 3.06. The van der Waals surface area contributed by atoms with Crippen LogP contribution in [0.15, 0.2) is 22.7 Å². The van der Waals surface area contributed by atoms with Gasteiger partial charge in [-0.1, -0.05) is 17.3 Å². The molecule has 1 aliphatic rings. The van der Waals surface area contributed by atoms with E-state index in [1.165, 1.54) is 0 Å². The average molecular weight is 327 g/mol. The Labute approximate surface area is 140 Å². The molecule has 2 N–H and O–H groups in total. The first kappa shape index (κ1) is 16.2. The number of fused-ring (bicyclic) bond motifs is 1. The van der Waals surface area contributed by atoms with E-state index < -0.39 is 0 Å². The second-order valence-electron chi connectivity index (χ2n) is 6.33. The van der Waals surface area contributed by atoms with Crippen LogP contribution in [0.4, 0.5) is 5.69 Å². The second-order valence-corrected chi connectivity index (χ2v) is 6.33. The molecule has 1 aromatic heterocycles. The predicted octanol–water partition coefficient (Wildman–Crippen LogP) is 2.77. The minimum absolute atomic E-state index is 0.00543. The second kappa shape index (κ2) is 6.11. The van der Waals surface area contributed by atoms with Crippen molar-refractivity contribution in [2.24, 2.45) is 0 Å². The van der Waals surface area contributed by atoms with E-state index in [0.717, 1.165) is 28.1 Å². The van der Waals surface area contributed by atoms with E-state index in [2.05, 4.69) is 15.8 Å². The fourth-order valence-electron chi connectivity index (χ4n) is 3.18. The minimum atomic E-state index is -0.337. The number of anilines is 1. The van der Waals surface area contributed by atoms with Gasteiger partial charge in [-0.2, -0.15) is 0 Å². The summed E-state index contributed by atoms with van der Waals surface area (Å²) in [4.78, 5) is 24.0. The number of aromatic nitrogens is 1. The number of benzene rings is 1. The molecule has 0 saturated heterocycles. The molecule has 0 bridgehead atoms. The summed E-state index contributed by atoms with van der Waals surface area (Å²) in [6, 6.07) is 5.63. The van der Waals surface area contributed by atoms with Crippen LogP contribution in [0.5, 0.6) is 0 Å². The van der Waals surface area contributed by atoms with Crippen molar-refractivity contribution in [2.75, 3.05) is 5.32 Å². The molecule has 3 rings (SSSR count). The monoisotopic (exact) mass is 327 g/mol. The van der Waals surface area contributed by atoms with Gasteiger partial charge >= 0.3 is 0 Å². The van der Waals surface area contributed by atoms with Gasteiger partial charge in [-0.25, -0.2) is 0 Å². The van der Waals surface area contributed by atoms with Gasteiger partial charge in [0.05, 0.1) is 24.1 Å². The van der Waals surface area contributed by atoms with E-state index in [-0.39, 0.29) is 23.8 Å². The summed E-state index contributed by atoms with van der Waals surface area (Å²) < 4.78 is 5.15. The van der Waals surface area contributed by atoms with Crippen LogP contribution in [-0.2, 0) is 16.0 Å². The summed E-state index contributed by atoms with van der Waals surface area (Å²) in [5, 5.41) is 9.75. The van der Waals surface area contributed by atoms with Crippen molar-refractivity contribution >= 4 is 17.5 Å². The molecule has 2 atom stereocenters. The molecule has 2 aromatic rings. The number of nitrogens with zero attached hydrogens (tertiary/aromatic N) is 1. The number of hydrogen-bond acceptors (Lipinski definition) is 4. The lowest BCUT2D eigenvalue weighted by atomic mass is 9.97. The fraction of sp³-hybridized carbons (Fsp3) is 0.389. The van der Waals surface area contributed by atoms with Crippen molar-refractivity contribution in [1.82, 2.24) is 10.5 Å². The fourth-order valence-corrected chi connectivity index (χ4v) is 3.18. The predicted molar refractivity (Wildman–Crippen MR) is 89.7 cm³/mol. The lowest BCUT2D eigenvalue weighted by Gasteiger charge is -2.18. The van der Waals surface area contributed by atoms with Crippen molar-refractivity contribution in [3.8, 4) is 0 Å². The van der Waals surface area contributed by atoms with Gasteiger partial charge in [-0.05, 0) is 44.9 Å². The summed E-state index contributed by atoms with van der Waals surface area (Å²) in [5.74, 6) is 0.263. The van der Waals surface area contributed by atoms with Crippen LogP contribution < -0.4 is 10.6 Å². The first-order chi connectivity index (χ1) is 11.4. The first-order valence-electron chi connectivity index (χ1n) is 8.02. The van der Waals surface area contributed by atoms with E-state index in [1.54, 1.807) is 0 Å². The summed E-state index contributed by atoms with van der Waals surface area (Å²) in [6.07, 6.45) is 0.388. The third kappa shape index (κ3) is 2.91. The molecule has 0 aliphatic carbocycles. The van der Waals surface area contributed by atoms with Gasteiger partial charge in [0, 0.05) is 11.3 Å². The molecule has 2 heterocycles. The van der Waals surface area contributed by atoms with Crippen molar-refractivity contribution in [3.63, 3.8) is 0 Å². The molecular formula is C18H21N3O3. The Morgan fingerprint density at radius 1 is 1.33 bits per heavy atom. The number of nitrogens with one attached hydrogen (secondary N) is 2. The lowest BCUT2D eigenvalue weighted by molar-refractivity contribution is -0.123. The minimum Gasteiger partial charge on any atom is -0.361 e. The topological polar surface area (TPSA) is 84.2 Å². The highest BCUT2D eigenvalue weighted by molar-refractivity contribution is 5.99. The summed E-state index contributed by atoms with van der Waals surface area (Å²) in [5.41, 5.74) is 4.38. The smallest absolute Gasteiger partial charge is 0.228 e. The molecule has 1 aromatic carbocycles. The zero-order valence-corrected chi connectivity index (χ0v) is 14.3. The molecule has 2 amide bonds. The molecule has 6 heteroatoms. The highest BCUT2D eigenvalue weighted by atomic mass is 16.5. The molecule has 0 radical (unpaired) electrons. The van der Waals surface area contributed by atoms with Crippen LogP contribution in [0.1, 0.15) is 54.0 Å². The summed E-state index contributed by atoms with van der Waals surface area (Å²) >= 11 is 0. The molecule has 0 unspecified atom stereocenters. The SMILES string of the molecule is Cc1noc(C)c1[C@H](C)C(=O)N[C@H](C)c1ccc2c(c1)CC(=O)N2. The maximum atomic E-state index is 12.6. The largest absolute Gasteiger partial charge is 0.361 e. The maximum Gasteiger partial charge on any atom is 0.228 e. The maximum absolute atomic E-state index is 12.6. The van der Waals surface area contributed by atoms with Crippen LogP contribution in [0.25, 0.3) is 0 Å². The summed E-state index contributed by atoms with van der Waals surface area (Å²) in [7, 11) is 0. The summed E-state index contributed by atoms with van der Waals surface area (Å²) in [6.45, 7) is 7.43. The van der Waals surface area contributed by atoms with Crippen LogP contribution in [0.3, 0.4) is 0 Å². The Morgan fingerprint density at radius 3 is 2.75 bits per heavy atom. The third-order valence-corrected chi connectivity index (χ3v) is 4.53. The number of carbonyl (C=O) groups excluding carboxylic acids is 2. The number of aryl methyl sites for hydroxylation is 2. The number of amides is 2. The highest BCUT2D eigenvalue weighted by Crippen LogP contribution is 2.28. The molecule has 24 heavy (non-hydrogen) atoms. The third-order valence-electron chi connectivity index (χ3n) is 4.53. The van der Waals surface area contributed by atoms with Crippen molar-refractivity contribution in [2.45, 2.75) is 46.1 Å². The van der Waals surface area contributed by atoms with Gasteiger partial charge in [-0.15, -0.1) is 0 Å². The zero-order chi connectivity index (χ0) is 17.4. The Hall–Kier alpha value is -2.63. The quantitative estimate of drug-likeness (QED) is 0.904. The van der Waals surface area contributed by atoms with Crippen molar-refractivity contribution < 1.29 is 14.1 Å². The molecule has 0 spiro atoms. The standard InChI is InChI=1S/C18H21N3O3/c1-9(17-11(3)21-24-12(17)4)18(23)19-10(2)13-5-6-15-14(7-13)8-16(22)20-15/h5-7,9-10H,8H2,1-4H3,(H,19,23)(H,20,22)/t9-,10+/m0/s1. The number of carbonyl (C=O) groups is 2. The van der Waals surface area contributed by atoms with Crippen molar-refractivity contribution in [1.29, 1.82) is 0 Å². The zero-order valence-electron chi connectivity index (χ0n) is 14.3. The van der Waals surface area contributed by atoms with Crippen LogP contribution in [0.2, 0.25) is 0 Å². The van der Waals surface area contributed by atoms with Gasteiger partial charge in [0.25, 0.3) is 0 Å². The van der Waals surface area contributed by atoms with Gasteiger partial charge < -0.3 is 15.2 Å². The molecular weight excluding hydrogens is 306 g/mol. The molecule has 126 valence electrons. The van der Waals surface area contributed by atoms with E-state index in [9.17, 15) is 9.59 Å². The van der Waals surface area contributed by atoms with E-state index in [4.69, 9.17) is 4.52 Å². The van der Waals surface area contributed by atoms with Crippen LogP contribution in [0, 0.1) is 13.8 Å². The van der Waals surface area contributed by atoms with Gasteiger partial charge in [-0.3, -0.25) is 9.59 Å². The number of rotatable bonds is 4. The van der Waals surface area contributed by atoms with E-state index >= 15 is 0 Å². The lowest BCUT2D eigenvalue weighted by Crippen LogP contribution is -2.31. The molecule has 0 saturated carbocycles. The van der Waals surface area contributed by atoms with Crippen LogP contribution >= 0.6 is 0 Å². The number of hydrogen-bond donors (Lipinski definition) is 2. The molecule has 0 fully saturated rings. The normalized spacial score (nSPS) is 15.6. The Bertz CT molecular complexity index is 790. The Kier molecular flexibility index (Phi) is 4.13.